The number of hydrogen-bond donors (Lipinski definition) is 1. The van der Waals surface area contributed by atoms with Crippen molar-refractivity contribution < 1.29 is 5.11 Å². The first-order chi connectivity index (χ1) is 9.99. The van der Waals surface area contributed by atoms with Gasteiger partial charge in [-0.2, -0.15) is 0 Å². The molecule has 1 heterocycles. The smallest absolute Gasteiger partial charge is 0.162 e. The van der Waals surface area contributed by atoms with Crippen LogP contribution in [0.25, 0.3) is 10.2 Å². The van der Waals surface area contributed by atoms with E-state index in [9.17, 15) is 5.11 Å². The number of aromatic hydroxyl groups is 1. The van der Waals surface area contributed by atoms with E-state index in [0.29, 0.717) is 5.75 Å². The fraction of sp³-hybridized carbons (Fsp3) is 0.235. The lowest BCUT2D eigenvalue weighted by molar-refractivity contribution is 0.466. The summed E-state index contributed by atoms with van der Waals surface area (Å²) in [5.41, 5.74) is 5.39. The van der Waals surface area contributed by atoms with E-state index in [-0.39, 0.29) is 0 Å². The van der Waals surface area contributed by atoms with Gasteiger partial charge in [0, 0.05) is 0 Å². The Labute approximate surface area is 133 Å². The molecular weight excluding hydrogens is 298 g/mol. The summed E-state index contributed by atoms with van der Waals surface area (Å²) in [5.74, 6) is 0.398. The molecule has 0 amide bonds. The van der Waals surface area contributed by atoms with Gasteiger partial charge in [-0.15, -0.1) is 11.3 Å². The normalized spacial score (nSPS) is 11.2. The molecule has 0 spiro atoms. The number of nitrogens with zero attached hydrogens (tertiary/aromatic N) is 1. The molecule has 0 saturated heterocycles. The third-order valence-electron chi connectivity index (χ3n) is 4.07. The summed E-state index contributed by atoms with van der Waals surface area (Å²) >= 11 is 7.16. The van der Waals surface area contributed by atoms with Gasteiger partial charge in [0.05, 0.1) is 16.8 Å². The maximum Gasteiger partial charge on any atom is 0.162 e. The topological polar surface area (TPSA) is 25.2 Å². The van der Waals surface area contributed by atoms with E-state index in [4.69, 9.17) is 12.2 Å². The quantitative estimate of drug-likeness (QED) is 0.665. The highest BCUT2D eigenvalue weighted by molar-refractivity contribution is 7.73. The molecule has 0 aliphatic rings. The van der Waals surface area contributed by atoms with E-state index in [1.165, 1.54) is 15.8 Å². The molecule has 0 aliphatic heterocycles. The maximum atomic E-state index is 10.0. The van der Waals surface area contributed by atoms with Crippen LogP contribution in [0.3, 0.4) is 0 Å². The molecule has 0 unspecified atom stereocenters. The molecule has 0 radical (unpaired) electrons. The molecule has 4 heteroatoms. The van der Waals surface area contributed by atoms with Crippen LogP contribution in [0.5, 0.6) is 5.75 Å². The summed E-state index contributed by atoms with van der Waals surface area (Å²) in [6.45, 7) is 6.71. The summed E-state index contributed by atoms with van der Waals surface area (Å²) < 4.78 is 4.28. The zero-order chi connectivity index (χ0) is 15.1. The first kappa shape index (κ1) is 14.3. The van der Waals surface area contributed by atoms with E-state index >= 15 is 0 Å². The second-order valence-corrected chi connectivity index (χ2v) is 7.05. The van der Waals surface area contributed by atoms with Crippen LogP contribution in [0, 0.1) is 24.7 Å². The van der Waals surface area contributed by atoms with Crippen LogP contribution in [0.4, 0.5) is 0 Å². The number of fused-ring (bicyclic) bond motifs is 1. The number of rotatable bonds is 2. The average Bonchev–Trinajstić information content (AvgIpc) is 2.78. The van der Waals surface area contributed by atoms with E-state index in [1.54, 1.807) is 11.3 Å². The van der Waals surface area contributed by atoms with E-state index in [2.05, 4.69) is 29.7 Å². The standard InChI is InChI=1S/C17H17NOS2/c1-10-8-13(11(2)12(3)16(10)19)9-18-14-6-4-5-7-15(14)21-17(18)20/h4-8,19H,9H2,1-3H3. The first-order valence-corrected chi connectivity index (χ1v) is 8.08. The lowest BCUT2D eigenvalue weighted by atomic mass is 9.98. The summed E-state index contributed by atoms with van der Waals surface area (Å²) in [4.78, 5) is 0. The number of thiazole rings is 1. The Hall–Kier alpha value is -1.65. The van der Waals surface area contributed by atoms with Crippen LogP contribution in [0.1, 0.15) is 22.3 Å². The van der Waals surface area contributed by atoms with Crippen molar-refractivity contribution in [1.82, 2.24) is 4.57 Å². The van der Waals surface area contributed by atoms with E-state index in [0.717, 1.165) is 27.2 Å². The second kappa shape index (κ2) is 5.28. The Morgan fingerprint density at radius 3 is 2.62 bits per heavy atom. The van der Waals surface area contributed by atoms with Crippen molar-refractivity contribution in [3.05, 3.63) is 56.5 Å². The Morgan fingerprint density at radius 2 is 1.86 bits per heavy atom. The van der Waals surface area contributed by atoms with Crippen molar-refractivity contribution in [2.45, 2.75) is 27.3 Å². The fourth-order valence-corrected chi connectivity index (χ4v) is 3.97. The van der Waals surface area contributed by atoms with Gasteiger partial charge in [0.15, 0.2) is 3.95 Å². The Morgan fingerprint density at radius 1 is 1.14 bits per heavy atom. The molecule has 0 atom stereocenters. The van der Waals surface area contributed by atoms with Crippen molar-refractivity contribution in [1.29, 1.82) is 0 Å². The number of para-hydroxylation sites is 1. The summed E-state index contributed by atoms with van der Waals surface area (Å²) in [7, 11) is 0. The van der Waals surface area contributed by atoms with Gasteiger partial charge in [-0.25, -0.2) is 0 Å². The predicted molar refractivity (Wildman–Crippen MR) is 92.1 cm³/mol. The van der Waals surface area contributed by atoms with Crippen LogP contribution in [-0.2, 0) is 6.54 Å². The zero-order valence-corrected chi connectivity index (χ0v) is 13.9. The Bertz CT molecular complexity index is 890. The minimum Gasteiger partial charge on any atom is -0.507 e. The van der Waals surface area contributed by atoms with E-state index in [1.807, 2.05) is 26.0 Å². The van der Waals surface area contributed by atoms with Gasteiger partial charge in [0.2, 0.25) is 0 Å². The molecule has 3 aromatic rings. The molecule has 0 saturated carbocycles. The number of phenolic OH excluding ortho intramolecular Hbond substituents is 1. The van der Waals surface area contributed by atoms with Crippen molar-refractivity contribution in [3.63, 3.8) is 0 Å². The van der Waals surface area contributed by atoms with Gasteiger partial charge < -0.3 is 9.67 Å². The number of phenols is 1. The van der Waals surface area contributed by atoms with Gasteiger partial charge in [0.25, 0.3) is 0 Å². The minimum absolute atomic E-state index is 0.398. The number of aryl methyl sites for hydroxylation is 1. The van der Waals surface area contributed by atoms with Gasteiger partial charge in [0.1, 0.15) is 5.75 Å². The van der Waals surface area contributed by atoms with Gasteiger partial charge >= 0.3 is 0 Å². The molecule has 0 fully saturated rings. The summed E-state index contributed by atoms with van der Waals surface area (Å²) in [6, 6.07) is 10.4. The average molecular weight is 315 g/mol. The van der Waals surface area contributed by atoms with Crippen LogP contribution in [0.2, 0.25) is 0 Å². The zero-order valence-electron chi connectivity index (χ0n) is 12.3. The van der Waals surface area contributed by atoms with E-state index < -0.39 is 0 Å². The van der Waals surface area contributed by atoms with Gasteiger partial charge in [-0.3, -0.25) is 0 Å². The Balaban J connectivity index is 2.16. The minimum atomic E-state index is 0.398. The largest absolute Gasteiger partial charge is 0.507 e. The third-order valence-corrected chi connectivity index (χ3v) is 5.50. The molecule has 108 valence electrons. The van der Waals surface area contributed by atoms with Gasteiger partial charge in [-0.1, -0.05) is 18.2 Å². The molecule has 0 aliphatic carbocycles. The highest BCUT2D eigenvalue weighted by Gasteiger charge is 2.11. The molecule has 1 aromatic heterocycles. The lowest BCUT2D eigenvalue weighted by Gasteiger charge is -2.14. The number of benzene rings is 2. The fourth-order valence-electron chi connectivity index (χ4n) is 2.65. The predicted octanol–water partition coefficient (Wildman–Crippen LogP) is 5.11. The van der Waals surface area contributed by atoms with Crippen LogP contribution in [-0.4, -0.2) is 9.67 Å². The molecule has 0 bridgehead atoms. The highest BCUT2D eigenvalue weighted by atomic mass is 32.1. The third kappa shape index (κ3) is 2.39. The maximum absolute atomic E-state index is 10.0. The van der Waals surface area contributed by atoms with Crippen LogP contribution < -0.4 is 0 Å². The Kier molecular flexibility index (Phi) is 3.59. The van der Waals surface area contributed by atoms with Gasteiger partial charge in [-0.05, 0) is 67.4 Å². The monoisotopic (exact) mass is 315 g/mol. The van der Waals surface area contributed by atoms with Crippen molar-refractivity contribution in [3.8, 4) is 5.75 Å². The lowest BCUT2D eigenvalue weighted by Crippen LogP contribution is -2.03. The second-order valence-electron chi connectivity index (χ2n) is 5.37. The van der Waals surface area contributed by atoms with Crippen LogP contribution >= 0.6 is 23.6 Å². The number of aromatic nitrogens is 1. The molecule has 3 rings (SSSR count). The SMILES string of the molecule is Cc1cc(Cn2c(=S)sc3ccccc32)c(C)c(C)c1O. The molecule has 1 N–H and O–H groups in total. The molecule has 21 heavy (non-hydrogen) atoms. The molecular formula is C17H17NOS2. The number of hydrogen-bond acceptors (Lipinski definition) is 3. The van der Waals surface area contributed by atoms with Crippen LogP contribution in [0.15, 0.2) is 30.3 Å². The first-order valence-electron chi connectivity index (χ1n) is 6.86. The van der Waals surface area contributed by atoms with Crippen molar-refractivity contribution in [2.24, 2.45) is 0 Å². The van der Waals surface area contributed by atoms with Crippen molar-refractivity contribution in [2.75, 3.05) is 0 Å². The van der Waals surface area contributed by atoms with Crippen molar-refractivity contribution >= 4 is 33.8 Å². The highest BCUT2D eigenvalue weighted by Crippen LogP contribution is 2.30. The molecule has 2 nitrogen and oxygen atoms in total. The summed E-state index contributed by atoms with van der Waals surface area (Å²) in [5, 5.41) is 10.0. The summed E-state index contributed by atoms with van der Waals surface area (Å²) in [6.07, 6.45) is 0. The molecule has 2 aromatic carbocycles.